The predicted octanol–water partition coefficient (Wildman–Crippen LogP) is 3.35. The molecule has 1 aliphatic heterocycles. The molecule has 1 aromatic rings. The highest BCUT2D eigenvalue weighted by Crippen LogP contribution is 2.29. The molecule has 18 heavy (non-hydrogen) atoms. The highest BCUT2D eigenvalue weighted by molar-refractivity contribution is 9.10. The Morgan fingerprint density at radius 1 is 1.50 bits per heavy atom. The molecule has 0 N–H and O–H groups in total. The first-order valence-corrected chi connectivity index (χ1v) is 6.61. The van der Waals surface area contributed by atoms with Gasteiger partial charge in [0.2, 0.25) is 0 Å². The summed E-state index contributed by atoms with van der Waals surface area (Å²) in [6, 6.07) is 2.66. The number of ether oxygens (including phenoxy) is 2. The van der Waals surface area contributed by atoms with Gasteiger partial charge in [-0.1, -0.05) is 0 Å². The van der Waals surface area contributed by atoms with Crippen LogP contribution in [0.25, 0.3) is 0 Å². The quantitative estimate of drug-likeness (QED) is 0.802. The van der Waals surface area contributed by atoms with Gasteiger partial charge < -0.3 is 9.47 Å². The number of rotatable bonds is 3. The highest BCUT2D eigenvalue weighted by Gasteiger charge is 2.26. The lowest BCUT2D eigenvalue weighted by Crippen LogP contribution is -2.28. The van der Waals surface area contributed by atoms with Crippen LogP contribution >= 0.6 is 15.9 Å². The average molecular weight is 317 g/mol. The van der Waals surface area contributed by atoms with E-state index in [9.17, 15) is 9.18 Å². The molecule has 0 aromatic heterocycles. The van der Waals surface area contributed by atoms with Crippen molar-refractivity contribution >= 4 is 21.7 Å². The van der Waals surface area contributed by atoms with E-state index in [1.54, 1.807) is 0 Å². The molecule has 0 amide bonds. The summed E-state index contributed by atoms with van der Waals surface area (Å²) in [5.74, 6) is -0.352. The third kappa shape index (κ3) is 2.72. The molecule has 2 rings (SSSR count). The van der Waals surface area contributed by atoms with Gasteiger partial charge in [-0.05, 0) is 41.3 Å². The molecular weight excluding hydrogens is 303 g/mol. The van der Waals surface area contributed by atoms with Crippen LogP contribution in [0.3, 0.4) is 0 Å². The summed E-state index contributed by atoms with van der Waals surface area (Å²) in [6.07, 6.45) is 2.22. The molecule has 1 fully saturated rings. The summed E-state index contributed by atoms with van der Waals surface area (Å²) in [4.78, 5) is 12.3. The van der Waals surface area contributed by atoms with Crippen LogP contribution in [-0.2, 0) is 4.74 Å². The molecule has 1 atom stereocenters. The molecule has 0 saturated carbocycles. The number of carbonyl (C=O) groups excluding carboxylic acids is 1. The zero-order valence-electron chi connectivity index (χ0n) is 10.0. The molecule has 0 spiro atoms. The normalized spacial score (nSPS) is 19.6. The zero-order valence-corrected chi connectivity index (χ0v) is 11.6. The second-order valence-corrected chi connectivity index (χ2v) is 5.04. The lowest BCUT2D eigenvalue weighted by atomic mass is 9.99. The second-order valence-electron chi connectivity index (χ2n) is 4.19. The summed E-state index contributed by atoms with van der Waals surface area (Å²) in [5, 5.41) is 0. The van der Waals surface area contributed by atoms with Crippen molar-refractivity contribution in [2.24, 2.45) is 0 Å². The largest absolute Gasteiger partial charge is 0.496 e. The van der Waals surface area contributed by atoms with E-state index in [1.165, 1.54) is 19.2 Å². The van der Waals surface area contributed by atoms with Gasteiger partial charge in [-0.3, -0.25) is 4.79 Å². The lowest BCUT2D eigenvalue weighted by molar-refractivity contribution is 0.0184. The van der Waals surface area contributed by atoms with Crippen molar-refractivity contribution in [3.8, 4) is 5.75 Å². The first-order valence-electron chi connectivity index (χ1n) is 5.82. The van der Waals surface area contributed by atoms with Gasteiger partial charge in [-0.25, -0.2) is 4.39 Å². The summed E-state index contributed by atoms with van der Waals surface area (Å²) in [6.45, 7) is 0.598. The minimum Gasteiger partial charge on any atom is -0.496 e. The monoisotopic (exact) mass is 316 g/mol. The first kappa shape index (κ1) is 13.5. The topological polar surface area (TPSA) is 35.5 Å². The Balaban J connectivity index is 2.31. The third-order valence-electron chi connectivity index (χ3n) is 2.98. The molecule has 3 nitrogen and oxygen atoms in total. The van der Waals surface area contributed by atoms with Gasteiger partial charge in [-0.2, -0.15) is 0 Å². The first-order chi connectivity index (χ1) is 8.63. The minimum atomic E-state index is -0.451. The van der Waals surface area contributed by atoms with Crippen molar-refractivity contribution in [2.45, 2.75) is 25.4 Å². The molecule has 1 saturated heterocycles. The number of carbonyl (C=O) groups is 1. The summed E-state index contributed by atoms with van der Waals surface area (Å²) >= 11 is 3.08. The van der Waals surface area contributed by atoms with Crippen molar-refractivity contribution in [3.63, 3.8) is 0 Å². The van der Waals surface area contributed by atoms with E-state index in [0.29, 0.717) is 18.6 Å². The number of ketones is 1. The second kappa shape index (κ2) is 5.80. The molecule has 1 unspecified atom stereocenters. The van der Waals surface area contributed by atoms with E-state index in [2.05, 4.69) is 15.9 Å². The Kier molecular flexibility index (Phi) is 4.35. The maximum absolute atomic E-state index is 13.4. The Morgan fingerprint density at radius 2 is 2.28 bits per heavy atom. The van der Waals surface area contributed by atoms with Gasteiger partial charge in [-0.15, -0.1) is 0 Å². The number of hydrogen-bond donors (Lipinski definition) is 0. The SMILES string of the molecule is COc1cc(F)c(Br)cc1C(=O)C1CCCCO1. The van der Waals surface area contributed by atoms with Crippen molar-refractivity contribution < 1.29 is 18.7 Å². The maximum atomic E-state index is 13.4. The number of hydrogen-bond acceptors (Lipinski definition) is 3. The van der Waals surface area contributed by atoms with Gasteiger partial charge >= 0.3 is 0 Å². The molecule has 1 heterocycles. The van der Waals surface area contributed by atoms with E-state index < -0.39 is 11.9 Å². The zero-order chi connectivity index (χ0) is 13.1. The number of halogens is 2. The Hall–Kier alpha value is -0.940. The summed E-state index contributed by atoms with van der Waals surface area (Å²) < 4.78 is 24.1. The van der Waals surface area contributed by atoms with Gasteiger partial charge in [0.15, 0.2) is 5.78 Å². The van der Waals surface area contributed by atoms with Crippen molar-refractivity contribution in [2.75, 3.05) is 13.7 Å². The van der Waals surface area contributed by atoms with Crippen LogP contribution in [0.15, 0.2) is 16.6 Å². The van der Waals surface area contributed by atoms with Crippen LogP contribution in [0.4, 0.5) is 4.39 Å². The van der Waals surface area contributed by atoms with Gasteiger partial charge in [0.05, 0.1) is 17.1 Å². The minimum absolute atomic E-state index is 0.146. The fraction of sp³-hybridized carbons (Fsp3) is 0.462. The standard InChI is InChI=1S/C13H14BrFO3/c1-17-12-7-10(15)9(14)6-8(12)13(16)11-4-2-3-5-18-11/h6-7,11H,2-5H2,1H3. The Bertz CT molecular complexity index is 456. The molecule has 5 heteroatoms. The Labute approximate surface area is 113 Å². The maximum Gasteiger partial charge on any atom is 0.195 e. The number of benzene rings is 1. The van der Waals surface area contributed by atoms with Gasteiger partial charge in [0, 0.05) is 12.7 Å². The van der Waals surface area contributed by atoms with E-state index in [0.717, 1.165) is 12.8 Å². The van der Waals surface area contributed by atoms with E-state index in [4.69, 9.17) is 9.47 Å². The van der Waals surface area contributed by atoms with E-state index in [1.807, 2.05) is 0 Å². The van der Waals surface area contributed by atoms with E-state index in [-0.39, 0.29) is 16.0 Å². The molecular formula is C13H14BrFO3. The van der Waals surface area contributed by atoms with Gasteiger partial charge in [0.25, 0.3) is 0 Å². The summed E-state index contributed by atoms with van der Waals surface area (Å²) in [7, 11) is 1.42. The molecule has 0 aliphatic carbocycles. The highest BCUT2D eigenvalue weighted by atomic mass is 79.9. The molecule has 0 radical (unpaired) electrons. The molecule has 0 bridgehead atoms. The van der Waals surface area contributed by atoms with Crippen molar-refractivity contribution in [1.82, 2.24) is 0 Å². The van der Waals surface area contributed by atoms with Crippen LogP contribution in [0, 0.1) is 5.82 Å². The number of Topliss-reactive ketones (excluding diaryl/α,β-unsaturated/α-hetero) is 1. The van der Waals surface area contributed by atoms with Crippen LogP contribution < -0.4 is 4.74 Å². The van der Waals surface area contributed by atoms with Crippen LogP contribution in [0.5, 0.6) is 5.75 Å². The average Bonchev–Trinajstić information content (AvgIpc) is 2.41. The summed E-state index contributed by atoms with van der Waals surface area (Å²) in [5.41, 5.74) is 0.359. The predicted molar refractivity (Wildman–Crippen MR) is 68.6 cm³/mol. The fourth-order valence-electron chi connectivity index (χ4n) is 2.01. The lowest BCUT2D eigenvalue weighted by Gasteiger charge is -2.22. The fourth-order valence-corrected chi connectivity index (χ4v) is 2.35. The Morgan fingerprint density at radius 3 is 2.89 bits per heavy atom. The molecule has 1 aromatic carbocycles. The smallest absolute Gasteiger partial charge is 0.195 e. The molecule has 1 aliphatic rings. The van der Waals surface area contributed by atoms with Crippen molar-refractivity contribution in [1.29, 1.82) is 0 Å². The van der Waals surface area contributed by atoms with Gasteiger partial charge in [0.1, 0.15) is 17.7 Å². The van der Waals surface area contributed by atoms with Crippen LogP contribution in [0.2, 0.25) is 0 Å². The van der Waals surface area contributed by atoms with E-state index >= 15 is 0 Å². The van der Waals surface area contributed by atoms with Crippen LogP contribution in [-0.4, -0.2) is 25.6 Å². The third-order valence-corrected chi connectivity index (χ3v) is 3.59. The molecule has 98 valence electrons. The van der Waals surface area contributed by atoms with Crippen LogP contribution in [0.1, 0.15) is 29.6 Å². The van der Waals surface area contributed by atoms with Crippen molar-refractivity contribution in [3.05, 3.63) is 28.0 Å². The number of methoxy groups -OCH3 is 1.